The quantitative estimate of drug-likeness (QED) is 0.602. The van der Waals surface area contributed by atoms with Gasteiger partial charge in [0.1, 0.15) is 6.10 Å². The fourth-order valence-electron chi connectivity index (χ4n) is 3.87. The van der Waals surface area contributed by atoms with Crippen molar-refractivity contribution < 1.29 is 9.47 Å². The number of ether oxygens (including phenoxy) is 2. The molecule has 2 unspecified atom stereocenters. The van der Waals surface area contributed by atoms with Gasteiger partial charge in [-0.25, -0.2) is 0 Å². The summed E-state index contributed by atoms with van der Waals surface area (Å²) in [6.45, 7) is 11.5. The highest BCUT2D eigenvalue weighted by atomic mass is 16.5. The van der Waals surface area contributed by atoms with Crippen LogP contribution < -0.4 is 5.32 Å². The second-order valence-electron chi connectivity index (χ2n) is 7.64. The Morgan fingerprint density at radius 3 is 2.70 bits per heavy atom. The molecule has 2 saturated heterocycles. The van der Waals surface area contributed by atoms with E-state index in [0.717, 1.165) is 57.5 Å². The van der Waals surface area contributed by atoms with Crippen molar-refractivity contribution in [2.24, 2.45) is 18.0 Å². The van der Waals surface area contributed by atoms with Crippen molar-refractivity contribution in [3.8, 4) is 0 Å². The molecule has 2 aliphatic heterocycles. The van der Waals surface area contributed by atoms with Crippen LogP contribution in [-0.4, -0.2) is 91.2 Å². The Bertz CT molecular complexity index is 611. The number of nitrogens with one attached hydrogen (secondary N) is 1. The SMILES string of the molecule is CN=C(NCC(C(C)C)N1CCOCC1)N1CCOC(c2cnn(C)c2)C1. The smallest absolute Gasteiger partial charge is 0.193 e. The zero-order valence-corrected chi connectivity index (χ0v) is 17.1. The van der Waals surface area contributed by atoms with Crippen LogP contribution in [0.2, 0.25) is 0 Å². The van der Waals surface area contributed by atoms with Crippen molar-refractivity contribution in [3.63, 3.8) is 0 Å². The minimum absolute atomic E-state index is 0.0335. The molecular weight excluding hydrogens is 344 g/mol. The molecular formula is C19H34N6O2. The number of morpholine rings is 2. The molecule has 0 saturated carbocycles. The van der Waals surface area contributed by atoms with Gasteiger partial charge in [0, 0.05) is 58.1 Å². The van der Waals surface area contributed by atoms with Crippen molar-refractivity contribution in [2.75, 3.05) is 59.6 Å². The van der Waals surface area contributed by atoms with E-state index in [0.29, 0.717) is 18.6 Å². The summed E-state index contributed by atoms with van der Waals surface area (Å²) in [5.74, 6) is 1.52. The van der Waals surface area contributed by atoms with Crippen LogP contribution in [0.3, 0.4) is 0 Å². The molecule has 0 aliphatic carbocycles. The maximum atomic E-state index is 5.96. The Labute approximate surface area is 162 Å². The molecule has 1 N–H and O–H groups in total. The van der Waals surface area contributed by atoms with Crippen LogP contribution in [-0.2, 0) is 16.5 Å². The monoisotopic (exact) mass is 378 g/mol. The van der Waals surface area contributed by atoms with Crippen LogP contribution in [0.1, 0.15) is 25.5 Å². The Hall–Kier alpha value is -1.64. The summed E-state index contributed by atoms with van der Waals surface area (Å²) in [5, 5.41) is 7.88. The topological polar surface area (TPSA) is 67.2 Å². The number of aromatic nitrogens is 2. The van der Waals surface area contributed by atoms with Crippen LogP contribution in [0.5, 0.6) is 0 Å². The molecule has 152 valence electrons. The Kier molecular flexibility index (Phi) is 7.09. The molecule has 8 heteroatoms. The molecule has 2 aliphatic rings. The second kappa shape index (κ2) is 9.52. The van der Waals surface area contributed by atoms with Crippen molar-refractivity contribution >= 4 is 5.96 Å². The summed E-state index contributed by atoms with van der Waals surface area (Å²) >= 11 is 0. The molecule has 27 heavy (non-hydrogen) atoms. The molecule has 0 bridgehead atoms. The maximum Gasteiger partial charge on any atom is 0.193 e. The number of rotatable bonds is 5. The van der Waals surface area contributed by atoms with Crippen molar-refractivity contribution in [1.29, 1.82) is 0 Å². The first-order valence-electron chi connectivity index (χ1n) is 9.96. The van der Waals surface area contributed by atoms with Gasteiger partial charge in [-0.2, -0.15) is 5.10 Å². The van der Waals surface area contributed by atoms with Gasteiger partial charge in [0.25, 0.3) is 0 Å². The molecule has 0 spiro atoms. The first-order chi connectivity index (χ1) is 13.1. The van der Waals surface area contributed by atoms with E-state index < -0.39 is 0 Å². The number of aliphatic imine (C=N–C) groups is 1. The number of hydrogen-bond acceptors (Lipinski definition) is 5. The van der Waals surface area contributed by atoms with Gasteiger partial charge in [-0.15, -0.1) is 0 Å². The van der Waals surface area contributed by atoms with E-state index in [9.17, 15) is 0 Å². The van der Waals surface area contributed by atoms with Crippen LogP contribution >= 0.6 is 0 Å². The summed E-state index contributed by atoms with van der Waals surface area (Å²) in [7, 11) is 3.79. The molecule has 3 rings (SSSR count). The highest BCUT2D eigenvalue weighted by Crippen LogP contribution is 2.21. The van der Waals surface area contributed by atoms with Crippen LogP contribution in [0.15, 0.2) is 17.4 Å². The van der Waals surface area contributed by atoms with Crippen molar-refractivity contribution in [2.45, 2.75) is 26.0 Å². The summed E-state index contributed by atoms with van der Waals surface area (Å²) in [4.78, 5) is 9.36. The van der Waals surface area contributed by atoms with Gasteiger partial charge in [0.15, 0.2) is 5.96 Å². The van der Waals surface area contributed by atoms with Crippen molar-refractivity contribution in [3.05, 3.63) is 18.0 Å². The third kappa shape index (κ3) is 5.21. The van der Waals surface area contributed by atoms with Crippen LogP contribution in [0.4, 0.5) is 0 Å². The Morgan fingerprint density at radius 1 is 1.30 bits per heavy atom. The molecule has 2 fully saturated rings. The van der Waals surface area contributed by atoms with Gasteiger partial charge in [-0.3, -0.25) is 14.6 Å². The predicted octanol–water partition coefficient (Wildman–Crippen LogP) is 0.726. The molecule has 3 heterocycles. The predicted molar refractivity (Wildman–Crippen MR) is 106 cm³/mol. The minimum atomic E-state index is 0.0335. The second-order valence-corrected chi connectivity index (χ2v) is 7.64. The van der Waals surface area contributed by atoms with E-state index in [1.54, 1.807) is 0 Å². The molecule has 1 aromatic heterocycles. The fourth-order valence-corrected chi connectivity index (χ4v) is 3.87. The summed E-state index contributed by atoms with van der Waals surface area (Å²) in [6, 6.07) is 0.473. The minimum Gasteiger partial charge on any atom is -0.379 e. The summed E-state index contributed by atoms with van der Waals surface area (Å²) in [6.07, 6.45) is 3.95. The van der Waals surface area contributed by atoms with Gasteiger partial charge in [0.2, 0.25) is 0 Å². The fraction of sp³-hybridized carbons (Fsp3) is 0.789. The molecule has 0 amide bonds. The zero-order chi connectivity index (χ0) is 19.2. The number of hydrogen-bond donors (Lipinski definition) is 1. The lowest BCUT2D eigenvalue weighted by molar-refractivity contribution is -0.00896. The average Bonchev–Trinajstić information content (AvgIpc) is 3.12. The average molecular weight is 379 g/mol. The van der Waals surface area contributed by atoms with E-state index in [1.807, 2.05) is 31.2 Å². The highest BCUT2D eigenvalue weighted by molar-refractivity contribution is 5.80. The van der Waals surface area contributed by atoms with E-state index in [1.165, 1.54) is 0 Å². The van der Waals surface area contributed by atoms with Gasteiger partial charge in [-0.1, -0.05) is 13.8 Å². The molecule has 1 aromatic rings. The number of guanidine groups is 1. The van der Waals surface area contributed by atoms with Crippen LogP contribution in [0.25, 0.3) is 0 Å². The lowest BCUT2D eigenvalue weighted by Gasteiger charge is -2.39. The van der Waals surface area contributed by atoms with E-state index in [2.05, 4.69) is 39.1 Å². The van der Waals surface area contributed by atoms with E-state index >= 15 is 0 Å². The normalized spacial score (nSPS) is 23.7. The number of nitrogens with zero attached hydrogens (tertiary/aromatic N) is 5. The van der Waals surface area contributed by atoms with Gasteiger partial charge in [-0.05, 0) is 5.92 Å². The third-order valence-corrected chi connectivity index (χ3v) is 5.43. The van der Waals surface area contributed by atoms with Crippen molar-refractivity contribution in [1.82, 2.24) is 24.9 Å². The highest BCUT2D eigenvalue weighted by Gasteiger charge is 2.27. The van der Waals surface area contributed by atoms with Gasteiger partial charge in [0.05, 0.1) is 32.6 Å². The lowest BCUT2D eigenvalue weighted by atomic mass is 10.0. The summed E-state index contributed by atoms with van der Waals surface area (Å²) < 4.78 is 13.3. The maximum absolute atomic E-state index is 5.96. The standard InChI is InChI=1S/C19H34N6O2/c1-15(2)17(24-5-8-26-9-6-24)12-21-19(20-3)25-7-10-27-18(14-25)16-11-22-23(4)13-16/h11,13,15,17-18H,5-10,12,14H2,1-4H3,(H,20,21). The molecule has 0 radical (unpaired) electrons. The van der Waals surface area contributed by atoms with Crippen LogP contribution in [0, 0.1) is 5.92 Å². The zero-order valence-electron chi connectivity index (χ0n) is 17.1. The van der Waals surface area contributed by atoms with Gasteiger partial charge >= 0.3 is 0 Å². The van der Waals surface area contributed by atoms with E-state index in [4.69, 9.17) is 9.47 Å². The Balaban J connectivity index is 1.58. The first kappa shape index (κ1) is 20.1. The largest absolute Gasteiger partial charge is 0.379 e. The molecule has 8 nitrogen and oxygen atoms in total. The van der Waals surface area contributed by atoms with E-state index in [-0.39, 0.29) is 6.10 Å². The third-order valence-electron chi connectivity index (χ3n) is 5.43. The summed E-state index contributed by atoms with van der Waals surface area (Å²) in [5.41, 5.74) is 1.12. The first-order valence-corrected chi connectivity index (χ1v) is 9.96. The molecule has 2 atom stereocenters. The van der Waals surface area contributed by atoms with Gasteiger partial charge < -0.3 is 19.7 Å². The number of aryl methyl sites for hydroxylation is 1. The Morgan fingerprint density at radius 2 is 2.07 bits per heavy atom. The molecule has 0 aromatic carbocycles. The lowest BCUT2D eigenvalue weighted by Crippen LogP contribution is -2.54.